The molecule has 138 valence electrons. The minimum absolute atomic E-state index is 0.0782. The number of aromatic amines is 1. The molecule has 6 nitrogen and oxygen atoms in total. The summed E-state index contributed by atoms with van der Waals surface area (Å²) in [6, 6.07) is 13.4. The number of phenols is 1. The molecule has 1 atom stereocenters. The summed E-state index contributed by atoms with van der Waals surface area (Å²) in [7, 11) is 1.62. The number of H-pyrrole nitrogens is 1. The second kappa shape index (κ2) is 7.86. The topological polar surface area (TPSA) is 91.8 Å². The van der Waals surface area contributed by atoms with Gasteiger partial charge in [-0.05, 0) is 49.2 Å². The first-order valence-electron chi connectivity index (χ1n) is 8.53. The maximum absolute atomic E-state index is 12.6. The molecule has 1 unspecified atom stereocenters. The number of hydrogen-bond donors (Lipinski definition) is 2. The fourth-order valence-electron chi connectivity index (χ4n) is 2.87. The van der Waals surface area contributed by atoms with E-state index in [4.69, 9.17) is 4.74 Å². The van der Waals surface area contributed by atoms with Crippen LogP contribution in [0.4, 0.5) is 0 Å². The second-order valence-electron chi connectivity index (χ2n) is 6.29. The van der Waals surface area contributed by atoms with Crippen molar-refractivity contribution in [3.8, 4) is 11.5 Å². The van der Waals surface area contributed by atoms with Gasteiger partial charge in [0.25, 0.3) is 0 Å². The Morgan fingerprint density at radius 1 is 1.19 bits per heavy atom. The maximum Gasteiger partial charge on any atom is 0.248 e. The van der Waals surface area contributed by atoms with Crippen LogP contribution in [0.2, 0.25) is 0 Å². The van der Waals surface area contributed by atoms with E-state index in [0.29, 0.717) is 17.4 Å². The van der Waals surface area contributed by atoms with Crippen molar-refractivity contribution in [2.75, 3.05) is 7.11 Å². The molecule has 0 aliphatic rings. The van der Waals surface area contributed by atoms with E-state index in [-0.39, 0.29) is 28.7 Å². The highest BCUT2D eigenvalue weighted by atomic mass is 16.5. The van der Waals surface area contributed by atoms with E-state index < -0.39 is 0 Å². The van der Waals surface area contributed by atoms with Gasteiger partial charge in [0, 0.05) is 17.0 Å². The van der Waals surface area contributed by atoms with Crippen molar-refractivity contribution in [1.29, 1.82) is 0 Å². The number of carbonyl (C=O) groups excluding carboxylic acids is 1. The van der Waals surface area contributed by atoms with E-state index in [1.165, 1.54) is 30.5 Å². The Hall–Kier alpha value is -3.41. The smallest absolute Gasteiger partial charge is 0.248 e. The number of nitrogens with zero attached hydrogens (tertiary/aromatic N) is 1. The molecule has 0 amide bonds. The Kier molecular flexibility index (Phi) is 5.35. The number of ether oxygens (including phenoxy) is 1. The maximum atomic E-state index is 12.6. The van der Waals surface area contributed by atoms with Crippen LogP contribution in [0, 0.1) is 0 Å². The molecule has 6 heteroatoms. The Morgan fingerprint density at radius 2 is 1.93 bits per heavy atom. The third-order valence-corrected chi connectivity index (χ3v) is 4.27. The predicted molar refractivity (Wildman–Crippen MR) is 105 cm³/mol. The SMILES string of the molecule is COc1ccc(CC(C)/N=C/C(=O)c2ccc(O)c3[nH]c(=O)ccc23)cc1. The summed E-state index contributed by atoms with van der Waals surface area (Å²) in [5, 5.41) is 10.4. The van der Waals surface area contributed by atoms with Crippen molar-refractivity contribution < 1.29 is 14.6 Å². The first-order valence-corrected chi connectivity index (χ1v) is 8.53. The number of pyridine rings is 1. The number of ketones is 1. The number of nitrogens with one attached hydrogen (secondary N) is 1. The van der Waals surface area contributed by atoms with Crippen molar-refractivity contribution in [2.24, 2.45) is 4.99 Å². The van der Waals surface area contributed by atoms with E-state index in [0.717, 1.165) is 11.3 Å². The normalized spacial score (nSPS) is 12.4. The zero-order valence-electron chi connectivity index (χ0n) is 15.1. The molecule has 2 N–H and O–H groups in total. The number of methoxy groups -OCH3 is 1. The van der Waals surface area contributed by atoms with Gasteiger partial charge in [0.2, 0.25) is 11.3 Å². The van der Waals surface area contributed by atoms with E-state index in [1.807, 2.05) is 31.2 Å². The minimum Gasteiger partial charge on any atom is -0.506 e. The highest BCUT2D eigenvalue weighted by Gasteiger charge is 2.12. The Balaban J connectivity index is 1.77. The van der Waals surface area contributed by atoms with Gasteiger partial charge >= 0.3 is 0 Å². The van der Waals surface area contributed by atoms with Crippen LogP contribution in [0.3, 0.4) is 0 Å². The lowest BCUT2D eigenvalue weighted by Gasteiger charge is -2.08. The number of Topliss-reactive ketones (excluding diaryl/α,β-unsaturated/α-hetero) is 1. The van der Waals surface area contributed by atoms with Crippen LogP contribution in [0.1, 0.15) is 22.8 Å². The highest BCUT2D eigenvalue weighted by molar-refractivity contribution is 6.38. The third kappa shape index (κ3) is 4.23. The molecule has 0 aliphatic carbocycles. The second-order valence-corrected chi connectivity index (χ2v) is 6.29. The largest absolute Gasteiger partial charge is 0.506 e. The average molecular weight is 364 g/mol. The first-order chi connectivity index (χ1) is 13.0. The summed E-state index contributed by atoms with van der Waals surface area (Å²) in [6.45, 7) is 1.93. The Bertz CT molecular complexity index is 1050. The molecule has 2 aromatic carbocycles. The van der Waals surface area contributed by atoms with Crippen molar-refractivity contribution in [3.63, 3.8) is 0 Å². The molecule has 1 heterocycles. The molecule has 0 fully saturated rings. The molecule has 1 aromatic heterocycles. The van der Waals surface area contributed by atoms with E-state index >= 15 is 0 Å². The number of aliphatic imine (C=N–C) groups is 1. The number of carbonyl (C=O) groups is 1. The lowest BCUT2D eigenvalue weighted by Crippen LogP contribution is -2.09. The van der Waals surface area contributed by atoms with Gasteiger partial charge in [-0.2, -0.15) is 0 Å². The molecular weight excluding hydrogens is 344 g/mol. The molecule has 27 heavy (non-hydrogen) atoms. The van der Waals surface area contributed by atoms with E-state index in [9.17, 15) is 14.7 Å². The van der Waals surface area contributed by atoms with Crippen LogP contribution in [-0.2, 0) is 6.42 Å². The molecule has 0 spiro atoms. The van der Waals surface area contributed by atoms with Gasteiger partial charge in [0.1, 0.15) is 11.5 Å². The minimum atomic E-state index is -0.343. The van der Waals surface area contributed by atoms with Crippen LogP contribution in [-0.4, -0.2) is 35.2 Å². The fraction of sp³-hybridized carbons (Fsp3) is 0.190. The van der Waals surface area contributed by atoms with Gasteiger partial charge in [-0.1, -0.05) is 12.1 Å². The number of rotatable bonds is 6. The number of fused-ring (bicyclic) bond motifs is 1. The van der Waals surface area contributed by atoms with Gasteiger partial charge in [-0.15, -0.1) is 0 Å². The number of phenolic OH excluding ortho intramolecular Hbond substituents is 1. The summed E-state index contributed by atoms with van der Waals surface area (Å²) >= 11 is 0. The molecule has 0 bridgehead atoms. The van der Waals surface area contributed by atoms with Gasteiger partial charge in [0.15, 0.2) is 0 Å². The summed E-state index contributed by atoms with van der Waals surface area (Å²) in [5.41, 5.74) is 1.37. The zero-order valence-corrected chi connectivity index (χ0v) is 15.1. The van der Waals surface area contributed by atoms with Crippen LogP contribution >= 0.6 is 0 Å². The third-order valence-electron chi connectivity index (χ3n) is 4.27. The quantitative estimate of drug-likeness (QED) is 0.519. The lowest BCUT2D eigenvalue weighted by molar-refractivity contribution is 0.107. The van der Waals surface area contributed by atoms with Gasteiger partial charge < -0.3 is 14.8 Å². The average Bonchev–Trinajstić information content (AvgIpc) is 2.67. The molecule has 3 rings (SSSR count). The Labute approximate surface area is 156 Å². The van der Waals surface area contributed by atoms with Crippen LogP contribution in [0.25, 0.3) is 10.9 Å². The number of aromatic hydroxyl groups is 1. The summed E-state index contributed by atoms with van der Waals surface area (Å²) in [5.74, 6) is 0.431. The van der Waals surface area contributed by atoms with Gasteiger partial charge in [0.05, 0.1) is 24.9 Å². The van der Waals surface area contributed by atoms with Crippen molar-refractivity contribution >= 4 is 22.9 Å². The lowest BCUT2D eigenvalue weighted by atomic mass is 10.0. The molecular formula is C21H20N2O4. The Morgan fingerprint density at radius 3 is 2.63 bits per heavy atom. The van der Waals surface area contributed by atoms with Crippen LogP contribution < -0.4 is 10.3 Å². The summed E-state index contributed by atoms with van der Waals surface area (Å²) < 4.78 is 5.14. The zero-order chi connectivity index (χ0) is 19.4. The highest BCUT2D eigenvalue weighted by Crippen LogP contribution is 2.24. The summed E-state index contributed by atoms with van der Waals surface area (Å²) in [4.78, 5) is 30.9. The van der Waals surface area contributed by atoms with Crippen LogP contribution in [0.5, 0.6) is 11.5 Å². The monoisotopic (exact) mass is 364 g/mol. The van der Waals surface area contributed by atoms with Crippen LogP contribution in [0.15, 0.2) is 58.3 Å². The predicted octanol–water partition coefficient (Wildman–Crippen LogP) is 3.13. The van der Waals surface area contributed by atoms with Gasteiger partial charge in [-0.25, -0.2) is 0 Å². The number of benzene rings is 2. The molecule has 0 aliphatic heterocycles. The number of hydrogen-bond acceptors (Lipinski definition) is 5. The van der Waals surface area contributed by atoms with E-state index in [1.54, 1.807) is 7.11 Å². The van der Waals surface area contributed by atoms with E-state index in [2.05, 4.69) is 9.98 Å². The standard InChI is InChI=1S/C21H20N2O4/c1-13(11-14-3-5-15(27-2)6-4-14)22-12-19(25)16-7-9-18(24)21-17(16)8-10-20(26)23-21/h3-10,12-13,24H,11H2,1-2H3,(H,23,26)/b22-12+. The first kappa shape index (κ1) is 18.4. The van der Waals surface area contributed by atoms with Crippen molar-refractivity contribution in [2.45, 2.75) is 19.4 Å². The van der Waals surface area contributed by atoms with Crippen molar-refractivity contribution in [3.05, 3.63) is 70.0 Å². The fourth-order valence-corrected chi connectivity index (χ4v) is 2.87. The molecule has 0 radical (unpaired) electrons. The van der Waals surface area contributed by atoms with Gasteiger partial charge in [-0.3, -0.25) is 14.6 Å². The summed E-state index contributed by atoms with van der Waals surface area (Å²) in [6.07, 6.45) is 1.99. The number of aromatic nitrogens is 1. The molecule has 3 aromatic rings. The molecule has 0 saturated carbocycles. The van der Waals surface area contributed by atoms with Crippen molar-refractivity contribution in [1.82, 2.24) is 4.98 Å². The molecule has 0 saturated heterocycles.